The summed E-state index contributed by atoms with van der Waals surface area (Å²) in [4.78, 5) is 18.9. The van der Waals surface area contributed by atoms with Crippen LogP contribution in [0.25, 0.3) is 16.7 Å². The number of hydrogen-bond donors (Lipinski definition) is 1. The Hall–Kier alpha value is -2.94. The zero-order valence-corrected chi connectivity index (χ0v) is 20.7. The maximum absolute atomic E-state index is 13.7. The van der Waals surface area contributed by atoms with E-state index in [-0.39, 0.29) is 36.3 Å². The standard InChI is InChI=1S/C28H31F3N4O2/c29-19-4-6-21(7-5-19)35-26-24(25(33-35)18-2-1-3-18)22(16-23(32-26)27(36)37)17-10-14-34(15-11-17)20-8-12-28(30,31)13-9-20/h4-7,16-18,20H,1-3,8-15H2,(H,36,37). The lowest BCUT2D eigenvalue weighted by molar-refractivity contribution is -0.0558. The van der Waals surface area contributed by atoms with Crippen LogP contribution in [0.3, 0.4) is 0 Å². The number of carboxylic acid groups (broad SMARTS) is 1. The van der Waals surface area contributed by atoms with E-state index in [1.165, 1.54) is 12.1 Å². The van der Waals surface area contributed by atoms with Crippen molar-refractivity contribution < 1.29 is 23.1 Å². The Balaban J connectivity index is 1.37. The number of aromatic carboxylic acids is 1. The van der Waals surface area contributed by atoms with Crippen molar-refractivity contribution in [1.29, 1.82) is 0 Å². The van der Waals surface area contributed by atoms with Crippen molar-refractivity contribution in [2.24, 2.45) is 0 Å². The van der Waals surface area contributed by atoms with Crippen LogP contribution in [0.15, 0.2) is 30.3 Å². The number of alkyl halides is 2. The van der Waals surface area contributed by atoms with Gasteiger partial charge in [-0.05, 0) is 93.4 Å². The van der Waals surface area contributed by atoms with Gasteiger partial charge in [-0.25, -0.2) is 27.6 Å². The molecule has 3 fully saturated rings. The molecule has 2 aromatic heterocycles. The Morgan fingerprint density at radius 3 is 2.24 bits per heavy atom. The maximum atomic E-state index is 13.7. The summed E-state index contributed by atoms with van der Waals surface area (Å²) in [6.07, 6.45) is 5.81. The normalized spacial score (nSPS) is 21.8. The van der Waals surface area contributed by atoms with Gasteiger partial charge in [-0.2, -0.15) is 5.10 Å². The number of carbonyl (C=O) groups is 1. The van der Waals surface area contributed by atoms with Crippen LogP contribution in [0.5, 0.6) is 0 Å². The van der Waals surface area contributed by atoms with Gasteiger partial charge in [0, 0.05) is 30.2 Å². The van der Waals surface area contributed by atoms with Gasteiger partial charge in [0.2, 0.25) is 5.92 Å². The first-order valence-corrected chi connectivity index (χ1v) is 13.3. The second-order valence-electron chi connectivity index (χ2n) is 10.9. The van der Waals surface area contributed by atoms with Crippen molar-refractivity contribution in [2.45, 2.75) is 81.6 Å². The lowest BCUT2D eigenvalue weighted by Crippen LogP contribution is -2.44. The zero-order valence-electron chi connectivity index (χ0n) is 20.7. The number of likely N-dealkylation sites (tertiary alicyclic amines) is 1. The van der Waals surface area contributed by atoms with Gasteiger partial charge in [-0.3, -0.25) is 0 Å². The van der Waals surface area contributed by atoms with Crippen molar-refractivity contribution in [3.8, 4) is 5.69 Å². The van der Waals surface area contributed by atoms with E-state index in [2.05, 4.69) is 9.88 Å². The van der Waals surface area contributed by atoms with Gasteiger partial charge in [-0.15, -0.1) is 0 Å². The predicted molar refractivity (Wildman–Crippen MR) is 133 cm³/mol. The highest BCUT2D eigenvalue weighted by atomic mass is 19.3. The first-order valence-electron chi connectivity index (χ1n) is 13.3. The number of rotatable bonds is 5. The highest BCUT2D eigenvalue weighted by Crippen LogP contribution is 2.44. The largest absolute Gasteiger partial charge is 0.477 e. The Kier molecular flexibility index (Phi) is 6.21. The lowest BCUT2D eigenvalue weighted by Gasteiger charge is -2.41. The summed E-state index contributed by atoms with van der Waals surface area (Å²) in [5.41, 5.74) is 3.03. The first-order chi connectivity index (χ1) is 17.8. The van der Waals surface area contributed by atoms with Crippen molar-refractivity contribution in [1.82, 2.24) is 19.7 Å². The average molecular weight is 513 g/mol. The average Bonchev–Trinajstić information content (AvgIpc) is 3.22. The molecule has 9 heteroatoms. The van der Waals surface area contributed by atoms with E-state index in [1.54, 1.807) is 22.9 Å². The topological polar surface area (TPSA) is 71.2 Å². The Morgan fingerprint density at radius 1 is 0.973 bits per heavy atom. The summed E-state index contributed by atoms with van der Waals surface area (Å²) in [7, 11) is 0. The van der Waals surface area contributed by atoms with Gasteiger partial charge in [0.15, 0.2) is 11.3 Å². The molecule has 2 saturated carbocycles. The van der Waals surface area contributed by atoms with Gasteiger partial charge in [0.1, 0.15) is 5.82 Å². The first kappa shape index (κ1) is 24.4. The molecule has 0 atom stereocenters. The second kappa shape index (κ2) is 9.42. The van der Waals surface area contributed by atoms with Crippen molar-refractivity contribution in [3.05, 3.63) is 53.1 Å². The number of halogens is 3. The van der Waals surface area contributed by atoms with Crippen molar-refractivity contribution in [2.75, 3.05) is 13.1 Å². The SMILES string of the molecule is O=C(O)c1cc(C2CCN(C3CCC(F)(F)CC3)CC2)c2c(C3CCC3)nn(-c3ccc(F)cc3)c2n1. The number of benzene rings is 1. The highest BCUT2D eigenvalue weighted by Gasteiger charge is 2.38. The minimum absolute atomic E-state index is 0.0251. The smallest absolute Gasteiger partial charge is 0.354 e. The maximum Gasteiger partial charge on any atom is 0.354 e. The third kappa shape index (κ3) is 4.62. The molecule has 6 nitrogen and oxygen atoms in total. The van der Waals surface area contributed by atoms with E-state index < -0.39 is 11.9 Å². The van der Waals surface area contributed by atoms with E-state index in [0.717, 1.165) is 61.8 Å². The quantitative estimate of drug-likeness (QED) is 0.436. The third-order valence-corrected chi connectivity index (χ3v) is 8.65. The summed E-state index contributed by atoms with van der Waals surface area (Å²) in [5, 5.41) is 15.7. The number of hydrogen-bond acceptors (Lipinski definition) is 4. The molecule has 3 heterocycles. The van der Waals surface area contributed by atoms with Crippen LogP contribution in [0, 0.1) is 5.82 Å². The molecule has 0 unspecified atom stereocenters. The van der Waals surface area contributed by atoms with Crippen LogP contribution in [0.1, 0.15) is 91.4 Å². The minimum atomic E-state index is -2.53. The molecule has 6 rings (SSSR count). The van der Waals surface area contributed by atoms with Gasteiger partial charge in [0.25, 0.3) is 0 Å². The fraction of sp³-hybridized carbons (Fsp3) is 0.536. The number of carboxylic acids is 1. The molecule has 0 radical (unpaired) electrons. The van der Waals surface area contributed by atoms with Gasteiger partial charge in [0.05, 0.1) is 11.4 Å². The van der Waals surface area contributed by atoms with Crippen molar-refractivity contribution >= 4 is 17.0 Å². The van der Waals surface area contributed by atoms with Crippen molar-refractivity contribution in [3.63, 3.8) is 0 Å². The van der Waals surface area contributed by atoms with E-state index in [4.69, 9.17) is 5.10 Å². The van der Waals surface area contributed by atoms with Gasteiger partial charge >= 0.3 is 5.97 Å². The Morgan fingerprint density at radius 2 is 1.65 bits per heavy atom. The fourth-order valence-corrected chi connectivity index (χ4v) is 6.30. The zero-order chi connectivity index (χ0) is 25.7. The van der Waals surface area contributed by atoms with Crippen LogP contribution in [0.2, 0.25) is 0 Å². The van der Waals surface area contributed by atoms with E-state index >= 15 is 0 Å². The van der Waals surface area contributed by atoms with Crippen LogP contribution in [0.4, 0.5) is 13.2 Å². The summed E-state index contributed by atoms with van der Waals surface area (Å²) >= 11 is 0. The molecular weight excluding hydrogens is 481 g/mol. The third-order valence-electron chi connectivity index (χ3n) is 8.65. The molecule has 196 valence electrons. The van der Waals surface area contributed by atoms with E-state index in [9.17, 15) is 23.1 Å². The highest BCUT2D eigenvalue weighted by molar-refractivity contribution is 5.92. The Labute approximate surface area is 213 Å². The lowest BCUT2D eigenvalue weighted by atomic mass is 9.79. The fourth-order valence-electron chi connectivity index (χ4n) is 6.30. The van der Waals surface area contributed by atoms with Crippen LogP contribution in [-0.4, -0.2) is 55.8 Å². The molecule has 0 spiro atoms. The van der Waals surface area contributed by atoms with Crippen LogP contribution < -0.4 is 0 Å². The number of aromatic nitrogens is 3. The molecule has 2 aliphatic carbocycles. The number of pyridine rings is 1. The monoisotopic (exact) mass is 512 g/mol. The molecule has 1 saturated heterocycles. The Bertz CT molecular complexity index is 1300. The minimum Gasteiger partial charge on any atom is -0.477 e. The summed E-state index contributed by atoms with van der Waals surface area (Å²) in [6, 6.07) is 7.90. The summed E-state index contributed by atoms with van der Waals surface area (Å²) in [6.45, 7) is 1.61. The number of nitrogens with zero attached hydrogens (tertiary/aromatic N) is 4. The van der Waals surface area contributed by atoms with E-state index in [0.29, 0.717) is 30.1 Å². The molecule has 1 aromatic carbocycles. The molecular formula is C28H31F3N4O2. The summed E-state index contributed by atoms with van der Waals surface area (Å²) in [5.74, 6) is -3.56. The predicted octanol–water partition coefficient (Wildman–Crippen LogP) is 6.28. The van der Waals surface area contributed by atoms with Crippen LogP contribution >= 0.6 is 0 Å². The molecule has 0 bridgehead atoms. The molecule has 1 N–H and O–H groups in total. The second-order valence-corrected chi connectivity index (χ2v) is 10.9. The molecule has 37 heavy (non-hydrogen) atoms. The molecule has 3 aliphatic rings. The number of piperidine rings is 1. The van der Waals surface area contributed by atoms with Gasteiger partial charge < -0.3 is 10.0 Å². The number of fused-ring (bicyclic) bond motifs is 1. The summed E-state index contributed by atoms with van der Waals surface area (Å²) < 4.78 is 42.6. The van der Waals surface area contributed by atoms with Gasteiger partial charge in [-0.1, -0.05) is 6.42 Å². The molecule has 3 aromatic rings. The molecule has 0 amide bonds. The van der Waals surface area contributed by atoms with Crippen LogP contribution in [-0.2, 0) is 0 Å². The van der Waals surface area contributed by atoms with E-state index in [1.807, 2.05) is 0 Å². The molecule has 1 aliphatic heterocycles.